The lowest BCUT2D eigenvalue weighted by atomic mass is 10.3. The summed E-state index contributed by atoms with van der Waals surface area (Å²) in [5.41, 5.74) is -12.4. The molecule has 220 valence electrons. The Morgan fingerprint density at radius 3 is 1.18 bits per heavy atom. The molecular weight excluding hydrogens is 601 g/mol. The molecule has 3 aromatic rings. The largest absolute Gasteiger partial charge is 0.480 e. The van der Waals surface area contributed by atoms with Crippen molar-refractivity contribution in [3.8, 4) is 0 Å². The molecule has 0 aliphatic carbocycles. The van der Waals surface area contributed by atoms with Crippen LogP contribution in [0.5, 0.6) is 0 Å². The Morgan fingerprint density at radius 2 is 0.925 bits per heavy atom. The lowest BCUT2D eigenvalue weighted by Crippen LogP contribution is -2.34. The Labute approximate surface area is 230 Å². The van der Waals surface area contributed by atoms with E-state index in [2.05, 4.69) is 110 Å². The van der Waals surface area contributed by atoms with Gasteiger partial charge < -0.3 is 9.03 Å². The van der Waals surface area contributed by atoms with Crippen LogP contribution in [0.2, 0.25) is 0 Å². The van der Waals surface area contributed by atoms with Gasteiger partial charge in [0.15, 0.2) is 20.0 Å². The third-order valence-corrected chi connectivity index (χ3v) is 12.7. The van der Waals surface area contributed by atoms with Gasteiger partial charge in [-0.1, -0.05) is 54.6 Å². The van der Waals surface area contributed by atoms with E-state index < -0.39 is 38.3 Å². The molecule has 0 aromatic heterocycles. The standard InChI is InChI=1S/C23H27NP.C2F6NO4S2/c1-24(2)19-12-20-25(21-13-6-3-7-14-21,22-15-8-4-9-16-22)23-17-10-5-11-18-23;3-1(4,5)14(10,11)9-15(12,13)2(6,7)8/h3-11,13-18H,12,19-20H2,1-2H3;/q+1;-1. The summed E-state index contributed by atoms with van der Waals surface area (Å²) < 4.78 is 109. The highest BCUT2D eigenvalue weighted by molar-refractivity contribution is 8.13. The quantitative estimate of drug-likeness (QED) is 0.246. The monoisotopic (exact) mass is 628 g/mol. The van der Waals surface area contributed by atoms with Crippen molar-refractivity contribution in [2.75, 3.05) is 26.8 Å². The van der Waals surface area contributed by atoms with Crippen molar-refractivity contribution in [2.24, 2.45) is 0 Å². The van der Waals surface area contributed by atoms with Gasteiger partial charge in [-0.3, -0.25) is 0 Å². The van der Waals surface area contributed by atoms with Crippen LogP contribution in [0.1, 0.15) is 6.42 Å². The van der Waals surface area contributed by atoms with Crippen molar-refractivity contribution in [1.29, 1.82) is 0 Å². The third-order valence-electron chi connectivity index (χ3n) is 5.47. The molecule has 0 saturated heterocycles. The van der Waals surface area contributed by atoms with Crippen LogP contribution in [0.25, 0.3) is 4.13 Å². The van der Waals surface area contributed by atoms with E-state index in [9.17, 15) is 43.2 Å². The third kappa shape index (κ3) is 8.50. The second kappa shape index (κ2) is 13.4. The molecule has 3 aromatic carbocycles. The second-order valence-electron chi connectivity index (χ2n) is 8.61. The summed E-state index contributed by atoms with van der Waals surface area (Å²) in [5.74, 6) is 0. The Morgan fingerprint density at radius 1 is 0.625 bits per heavy atom. The summed E-state index contributed by atoms with van der Waals surface area (Å²) >= 11 is 0. The summed E-state index contributed by atoms with van der Waals surface area (Å²) in [5, 5.41) is 4.43. The molecule has 0 spiro atoms. The molecule has 0 heterocycles. The van der Waals surface area contributed by atoms with Crippen molar-refractivity contribution in [1.82, 2.24) is 4.90 Å². The molecule has 0 atom stereocenters. The topological polar surface area (TPSA) is 85.6 Å². The van der Waals surface area contributed by atoms with Crippen LogP contribution in [-0.4, -0.2) is 59.6 Å². The van der Waals surface area contributed by atoms with Gasteiger partial charge in [0.25, 0.3) is 0 Å². The fourth-order valence-corrected chi connectivity index (χ4v) is 9.76. The van der Waals surface area contributed by atoms with Gasteiger partial charge in [-0.05, 0) is 56.9 Å². The average molecular weight is 629 g/mol. The van der Waals surface area contributed by atoms with Crippen molar-refractivity contribution in [3.05, 3.63) is 95.1 Å². The number of sulfonamides is 2. The van der Waals surface area contributed by atoms with Gasteiger partial charge in [-0.2, -0.15) is 26.3 Å². The van der Waals surface area contributed by atoms with Gasteiger partial charge in [0.05, 0.1) is 6.16 Å². The smallest absolute Gasteiger partial charge is 0.421 e. The molecule has 0 bridgehead atoms. The maximum Gasteiger partial charge on any atom is 0.480 e. The number of alkyl halides is 6. The van der Waals surface area contributed by atoms with Crippen LogP contribution in [-0.2, 0) is 20.0 Å². The van der Waals surface area contributed by atoms with Gasteiger partial charge in [0, 0.05) is 6.54 Å². The van der Waals surface area contributed by atoms with E-state index in [-0.39, 0.29) is 0 Å². The van der Waals surface area contributed by atoms with Gasteiger partial charge in [0.1, 0.15) is 23.2 Å². The minimum absolute atomic E-state index is 0.778. The van der Waals surface area contributed by atoms with E-state index in [0.717, 1.165) is 10.7 Å². The van der Waals surface area contributed by atoms with Crippen LogP contribution in [0.3, 0.4) is 0 Å². The maximum atomic E-state index is 11.4. The minimum Gasteiger partial charge on any atom is -0.421 e. The van der Waals surface area contributed by atoms with Gasteiger partial charge in [-0.25, -0.2) is 16.8 Å². The zero-order chi connectivity index (χ0) is 30.2. The fourth-order valence-electron chi connectivity index (χ4n) is 3.72. The highest BCUT2D eigenvalue weighted by atomic mass is 32.3. The van der Waals surface area contributed by atoms with E-state index >= 15 is 0 Å². The first-order chi connectivity index (χ1) is 18.4. The van der Waals surface area contributed by atoms with E-state index in [1.165, 1.54) is 28.5 Å². The van der Waals surface area contributed by atoms with Crippen LogP contribution in [0, 0.1) is 0 Å². The lowest BCUT2D eigenvalue weighted by Gasteiger charge is -2.28. The molecule has 0 aliphatic rings. The summed E-state index contributed by atoms with van der Waals surface area (Å²) in [7, 11) is -10.8. The van der Waals surface area contributed by atoms with E-state index in [1.807, 2.05) is 0 Å². The van der Waals surface area contributed by atoms with E-state index in [1.54, 1.807) is 0 Å². The predicted octanol–water partition coefficient (Wildman–Crippen LogP) is 4.99. The van der Waals surface area contributed by atoms with Crippen molar-refractivity contribution >= 4 is 43.2 Å². The predicted molar refractivity (Wildman–Crippen MR) is 146 cm³/mol. The highest BCUT2D eigenvalue weighted by Gasteiger charge is 2.47. The van der Waals surface area contributed by atoms with Crippen LogP contribution in [0.4, 0.5) is 26.3 Å². The molecule has 0 saturated carbocycles. The Balaban J connectivity index is 0.000000323. The Kier molecular flexibility index (Phi) is 11.3. The van der Waals surface area contributed by atoms with Crippen LogP contribution >= 0.6 is 7.26 Å². The number of halogens is 6. The molecule has 0 amide bonds. The normalized spacial score (nSPS) is 13.0. The number of nitrogens with zero attached hydrogens (tertiary/aromatic N) is 2. The minimum atomic E-state index is -6.72. The zero-order valence-electron chi connectivity index (χ0n) is 21.3. The second-order valence-corrected chi connectivity index (χ2v) is 15.7. The summed E-state index contributed by atoms with van der Waals surface area (Å²) in [6, 6.07) is 33.4. The van der Waals surface area contributed by atoms with Crippen molar-refractivity contribution < 1.29 is 43.2 Å². The van der Waals surface area contributed by atoms with Crippen LogP contribution < -0.4 is 15.9 Å². The maximum absolute atomic E-state index is 11.4. The van der Waals surface area contributed by atoms with Crippen LogP contribution in [0.15, 0.2) is 91.0 Å². The van der Waals surface area contributed by atoms with Crippen molar-refractivity contribution in [2.45, 2.75) is 17.4 Å². The summed E-state index contributed by atoms with van der Waals surface area (Å²) in [6.07, 6.45) is 2.39. The average Bonchev–Trinajstić information content (AvgIpc) is 2.87. The summed E-state index contributed by atoms with van der Waals surface area (Å²) in [4.78, 5) is 2.29. The molecule has 0 radical (unpaired) electrons. The highest BCUT2D eigenvalue weighted by Crippen LogP contribution is 2.55. The molecule has 0 aliphatic heterocycles. The Hall–Kier alpha value is -2.51. The lowest BCUT2D eigenvalue weighted by molar-refractivity contribution is -0.0444. The molecule has 0 unspecified atom stereocenters. The first kappa shape index (κ1) is 33.7. The number of hydrogen-bond donors (Lipinski definition) is 0. The SMILES string of the molecule is CN(C)CCC[P+](c1ccccc1)(c1ccccc1)c1ccccc1.O=S(=O)([N-]S(=O)(=O)C(F)(F)F)C(F)(F)F. The number of hydrogen-bond acceptors (Lipinski definition) is 5. The first-order valence-electron chi connectivity index (χ1n) is 11.5. The van der Waals surface area contributed by atoms with E-state index in [0.29, 0.717) is 0 Å². The molecule has 3 rings (SSSR count). The number of benzene rings is 3. The van der Waals surface area contributed by atoms with Crippen molar-refractivity contribution in [3.63, 3.8) is 0 Å². The molecule has 40 heavy (non-hydrogen) atoms. The van der Waals surface area contributed by atoms with Gasteiger partial charge >= 0.3 is 11.0 Å². The zero-order valence-corrected chi connectivity index (χ0v) is 23.9. The van der Waals surface area contributed by atoms with E-state index in [4.69, 9.17) is 0 Å². The Bertz CT molecular complexity index is 1280. The first-order valence-corrected chi connectivity index (χ1v) is 16.4. The molecule has 0 fully saturated rings. The molecule has 6 nitrogen and oxygen atoms in total. The van der Waals surface area contributed by atoms with Gasteiger partial charge in [-0.15, -0.1) is 0 Å². The molecule has 0 N–H and O–H groups in total. The van der Waals surface area contributed by atoms with Gasteiger partial charge in [0.2, 0.25) is 0 Å². The fraction of sp³-hybridized carbons (Fsp3) is 0.280. The molecular formula is C25H27F6N2O4PS2. The summed E-state index contributed by atoms with van der Waals surface area (Å²) in [6.45, 7) is 1.12. The number of rotatable bonds is 9. The molecule has 15 heteroatoms.